The Bertz CT molecular complexity index is 1500. The van der Waals surface area contributed by atoms with E-state index in [1.807, 2.05) is 68.4 Å². The first kappa shape index (κ1) is 25.3. The van der Waals surface area contributed by atoms with E-state index in [-0.39, 0.29) is 12.0 Å². The van der Waals surface area contributed by atoms with Crippen molar-refractivity contribution in [3.05, 3.63) is 107 Å². The number of H-pyrrole nitrogens is 1. The normalized spacial score (nSPS) is 14.6. The van der Waals surface area contributed by atoms with Crippen LogP contribution in [0.2, 0.25) is 0 Å². The molecule has 0 atom stereocenters. The van der Waals surface area contributed by atoms with Gasteiger partial charge >= 0.3 is 5.97 Å². The summed E-state index contributed by atoms with van der Waals surface area (Å²) in [6.07, 6.45) is 1.34. The van der Waals surface area contributed by atoms with Crippen LogP contribution in [0.15, 0.2) is 85.1 Å². The fraction of sp³-hybridized carbons (Fsp3) is 0.250. The van der Waals surface area contributed by atoms with Crippen LogP contribution in [0.25, 0.3) is 16.5 Å². The number of fused-ring (bicyclic) bond motifs is 3. The second-order valence-corrected chi connectivity index (χ2v) is 10.5. The number of aromatic amines is 1. The summed E-state index contributed by atoms with van der Waals surface area (Å²) < 4.78 is 11.5. The summed E-state index contributed by atoms with van der Waals surface area (Å²) >= 11 is 0. The van der Waals surface area contributed by atoms with Crippen molar-refractivity contribution in [2.24, 2.45) is 0 Å². The Morgan fingerprint density at radius 2 is 1.63 bits per heavy atom. The Morgan fingerprint density at radius 3 is 2.34 bits per heavy atom. The molecule has 1 aliphatic heterocycles. The Kier molecular flexibility index (Phi) is 6.81. The van der Waals surface area contributed by atoms with Gasteiger partial charge < -0.3 is 19.4 Å². The van der Waals surface area contributed by atoms with E-state index in [0.29, 0.717) is 35.7 Å². The quantitative estimate of drug-likeness (QED) is 0.303. The number of carbonyl (C=O) groups excluding carboxylic acids is 2. The molecule has 0 spiro atoms. The van der Waals surface area contributed by atoms with Gasteiger partial charge in [0, 0.05) is 34.6 Å². The highest BCUT2D eigenvalue weighted by molar-refractivity contribution is 6.18. The summed E-state index contributed by atoms with van der Waals surface area (Å²) in [7, 11) is 0. The lowest BCUT2D eigenvalue weighted by molar-refractivity contribution is -0.140. The molecule has 0 saturated heterocycles. The largest absolute Gasteiger partial charge is 0.489 e. The summed E-state index contributed by atoms with van der Waals surface area (Å²) in [6.45, 7) is 8.66. The van der Waals surface area contributed by atoms with Gasteiger partial charge in [0.2, 0.25) is 0 Å². The molecule has 38 heavy (non-hydrogen) atoms. The maximum atomic E-state index is 13.7. The molecule has 0 radical (unpaired) electrons. The maximum Gasteiger partial charge on any atom is 0.342 e. The Balaban J connectivity index is 1.47. The van der Waals surface area contributed by atoms with Crippen molar-refractivity contribution in [3.8, 4) is 5.75 Å². The fourth-order valence-electron chi connectivity index (χ4n) is 4.98. The Hall–Kier alpha value is -4.32. The third-order valence-electron chi connectivity index (χ3n) is 6.68. The number of benzene rings is 3. The van der Waals surface area contributed by atoms with E-state index in [9.17, 15) is 9.59 Å². The van der Waals surface area contributed by atoms with E-state index in [1.165, 1.54) is 0 Å². The van der Waals surface area contributed by atoms with Crippen molar-refractivity contribution in [1.29, 1.82) is 0 Å². The highest BCUT2D eigenvalue weighted by atomic mass is 16.5. The van der Waals surface area contributed by atoms with Crippen LogP contribution in [0.5, 0.6) is 5.75 Å². The molecule has 0 fully saturated rings. The van der Waals surface area contributed by atoms with Gasteiger partial charge in [-0.15, -0.1) is 0 Å². The van der Waals surface area contributed by atoms with Crippen LogP contribution in [0, 0.1) is 0 Å². The van der Waals surface area contributed by atoms with Gasteiger partial charge in [-0.2, -0.15) is 0 Å². The van der Waals surface area contributed by atoms with Gasteiger partial charge in [0.1, 0.15) is 12.4 Å². The minimum Gasteiger partial charge on any atom is -0.489 e. The SMILES string of the molecule is CC(C)OC(=O)C1=CN(C(=O)c2ccc(OCc3ccccc3)cc2)CC(C)(C)c2c1[nH]c1ccccc21. The standard InChI is InChI=1S/C32H32N2O4/c1-21(2)38-31(36)26-18-34(20-32(3,4)28-25-12-8-9-13-27(25)33-29(26)28)30(35)23-14-16-24(17-15-23)37-19-22-10-6-5-7-11-22/h5-18,21,33H,19-20H2,1-4H3. The number of amides is 1. The van der Waals surface area contributed by atoms with Crippen molar-refractivity contribution in [3.63, 3.8) is 0 Å². The molecule has 1 aliphatic rings. The van der Waals surface area contributed by atoms with E-state index >= 15 is 0 Å². The van der Waals surface area contributed by atoms with E-state index < -0.39 is 11.4 Å². The number of aromatic nitrogens is 1. The number of hydrogen-bond acceptors (Lipinski definition) is 4. The zero-order valence-corrected chi connectivity index (χ0v) is 22.2. The summed E-state index contributed by atoms with van der Waals surface area (Å²) in [5, 5.41) is 1.03. The van der Waals surface area contributed by atoms with Gasteiger partial charge in [-0.05, 0) is 55.3 Å². The van der Waals surface area contributed by atoms with Crippen LogP contribution < -0.4 is 4.74 Å². The predicted molar refractivity (Wildman–Crippen MR) is 149 cm³/mol. The molecule has 6 heteroatoms. The van der Waals surface area contributed by atoms with Crippen LogP contribution >= 0.6 is 0 Å². The van der Waals surface area contributed by atoms with Crippen LogP contribution in [-0.4, -0.2) is 34.4 Å². The molecule has 1 N–H and O–H groups in total. The highest BCUT2D eigenvalue weighted by Gasteiger charge is 2.37. The average molecular weight is 509 g/mol. The third-order valence-corrected chi connectivity index (χ3v) is 6.68. The zero-order valence-electron chi connectivity index (χ0n) is 22.2. The van der Waals surface area contributed by atoms with Gasteiger partial charge in [0.15, 0.2) is 0 Å². The summed E-state index contributed by atoms with van der Waals surface area (Å²) in [5.74, 6) is 0.0183. The fourth-order valence-corrected chi connectivity index (χ4v) is 4.98. The number of esters is 1. The van der Waals surface area contributed by atoms with E-state index in [1.54, 1.807) is 35.4 Å². The summed E-state index contributed by atoms with van der Waals surface area (Å²) in [5.41, 5.74) is 4.12. The first-order valence-corrected chi connectivity index (χ1v) is 12.8. The lowest BCUT2D eigenvalue weighted by Gasteiger charge is -2.29. The number of hydrogen-bond donors (Lipinski definition) is 1. The second-order valence-electron chi connectivity index (χ2n) is 10.5. The molecule has 0 aliphatic carbocycles. The second kappa shape index (κ2) is 10.2. The number of para-hydroxylation sites is 1. The molecule has 2 heterocycles. The van der Waals surface area contributed by atoms with Crippen LogP contribution in [0.4, 0.5) is 0 Å². The molecule has 3 aromatic carbocycles. The lowest BCUT2D eigenvalue weighted by Crippen LogP contribution is -2.36. The number of nitrogens with one attached hydrogen (secondary N) is 1. The van der Waals surface area contributed by atoms with Gasteiger partial charge in [-0.1, -0.05) is 62.4 Å². The van der Waals surface area contributed by atoms with Crippen molar-refractivity contribution >= 4 is 28.4 Å². The van der Waals surface area contributed by atoms with Crippen molar-refractivity contribution in [1.82, 2.24) is 9.88 Å². The van der Waals surface area contributed by atoms with Crippen LogP contribution in [0.1, 0.15) is 54.9 Å². The first-order chi connectivity index (χ1) is 18.2. The molecule has 1 aromatic heterocycles. The first-order valence-electron chi connectivity index (χ1n) is 12.8. The maximum absolute atomic E-state index is 13.7. The van der Waals surface area contributed by atoms with E-state index in [4.69, 9.17) is 9.47 Å². The minimum atomic E-state index is -0.465. The molecular formula is C32H32N2O4. The molecule has 4 aromatic rings. The highest BCUT2D eigenvalue weighted by Crippen LogP contribution is 2.40. The monoisotopic (exact) mass is 508 g/mol. The zero-order chi connectivity index (χ0) is 26.9. The molecule has 5 rings (SSSR count). The molecule has 0 bridgehead atoms. The van der Waals surface area contributed by atoms with Crippen LogP contribution in [-0.2, 0) is 21.6 Å². The van der Waals surface area contributed by atoms with Crippen molar-refractivity contribution < 1.29 is 19.1 Å². The van der Waals surface area contributed by atoms with Gasteiger partial charge in [-0.25, -0.2) is 4.79 Å². The molecule has 194 valence electrons. The number of nitrogens with zero attached hydrogens (tertiary/aromatic N) is 1. The molecular weight excluding hydrogens is 476 g/mol. The van der Waals surface area contributed by atoms with Crippen molar-refractivity contribution in [2.45, 2.75) is 45.8 Å². The topological polar surface area (TPSA) is 71.6 Å². The Morgan fingerprint density at radius 1 is 0.947 bits per heavy atom. The summed E-state index contributed by atoms with van der Waals surface area (Å²) in [4.78, 5) is 32.1. The van der Waals surface area contributed by atoms with Crippen molar-refractivity contribution in [2.75, 3.05) is 6.54 Å². The molecule has 0 saturated carbocycles. The molecule has 0 unspecified atom stereocenters. The van der Waals surface area contributed by atoms with E-state index in [0.717, 1.165) is 22.0 Å². The van der Waals surface area contributed by atoms with Crippen LogP contribution in [0.3, 0.4) is 0 Å². The third kappa shape index (κ3) is 5.07. The average Bonchev–Trinajstić information content (AvgIpc) is 3.25. The van der Waals surface area contributed by atoms with Gasteiger partial charge in [0.05, 0.1) is 17.4 Å². The number of rotatable bonds is 6. The number of ether oxygens (including phenoxy) is 2. The lowest BCUT2D eigenvalue weighted by atomic mass is 9.81. The van der Waals surface area contributed by atoms with Gasteiger partial charge in [-0.3, -0.25) is 4.79 Å². The molecule has 1 amide bonds. The summed E-state index contributed by atoms with van der Waals surface area (Å²) in [6, 6.07) is 25.0. The van der Waals surface area contributed by atoms with Gasteiger partial charge in [0.25, 0.3) is 5.91 Å². The minimum absolute atomic E-state index is 0.197. The number of carbonyl (C=O) groups is 2. The molecule has 6 nitrogen and oxygen atoms in total. The smallest absolute Gasteiger partial charge is 0.342 e. The predicted octanol–water partition coefficient (Wildman–Crippen LogP) is 6.47. The van der Waals surface area contributed by atoms with E-state index in [2.05, 4.69) is 18.8 Å². The Labute approximate surface area is 222 Å².